The molecular weight excluding hydrogens is 770 g/mol. The molecule has 60 heavy (non-hydrogen) atoms. The second-order valence-corrected chi connectivity index (χ2v) is 17.8. The minimum atomic E-state index is -4.28. The van der Waals surface area contributed by atoms with Crippen LogP contribution in [0, 0.1) is 0 Å². The average Bonchev–Trinajstić information content (AvgIpc) is 3.24. The first kappa shape index (κ1) is 58.2. The molecule has 8 nitrogen and oxygen atoms in total. The van der Waals surface area contributed by atoms with Crippen molar-refractivity contribution in [3.8, 4) is 0 Å². The number of rotatable bonds is 47. The lowest BCUT2D eigenvalue weighted by molar-refractivity contribution is -0.154. The van der Waals surface area contributed by atoms with Crippen molar-refractivity contribution >= 4 is 13.8 Å². The molecule has 3 N–H and O–H groups in total. The maximum absolute atomic E-state index is 12.6. The summed E-state index contributed by atoms with van der Waals surface area (Å²) in [4.78, 5) is 22.6. The number of allylic oxidation sites excluding steroid dienone is 10. The van der Waals surface area contributed by atoms with Crippen molar-refractivity contribution < 1.29 is 32.8 Å². The van der Waals surface area contributed by atoms with Crippen molar-refractivity contribution in [2.75, 3.05) is 33.0 Å². The number of carbonyl (C=O) groups excluding carboxylic acids is 1. The monoisotopic (exact) mass is 864 g/mol. The average molecular weight is 864 g/mol. The third kappa shape index (κ3) is 47.3. The van der Waals surface area contributed by atoms with Crippen LogP contribution in [0.1, 0.15) is 219 Å². The van der Waals surface area contributed by atoms with E-state index in [1.54, 1.807) is 0 Å². The maximum atomic E-state index is 12.6. The van der Waals surface area contributed by atoms with Gasteiger partial charge in [-0.15, -0.1) is 0 Å². The van der Waals surface area contributed by atoms with E-state index in [0.29, 0.717) is 13.0 Å². The lowest BCUT2D eigenvalue weighted by atomic mass is 10.0. The molecule has 0 spiro atoms. The molecule has 0 aliphatic carbocycles. The molecule has 0 fully saturated rings. The van der Waals surface area contributed by atoms with Gasteiger partial charge < -0.3 is 20.1 Å². The number of hydrogen-bond acceptors (Lipinski definition) is 7. The Morgan fingerprint density at radius 3 is 1.40 bits per heavy atom. The molecule has 0 aromatic carbocycles. The highest BCUT2D eigenvalue weighted by molar-refractivity contribution is 7.47. The van der Waals surface area contributed by atoms with Gasteiger partial charge in [0.15, 0.2) is 0 Å². The van der Waals surface area contributed by atoms with E-state index in [1.807, 2.05) is 0 Å². The van der Waals surface area contributed by atoms with Crippen molar-refractivity contribution in [2.24, 2.45) is 5.73 Å². The van der Waals surface area contributed by atoms with E-state index in [9.17, 15) is 14.3 Å². The molecule has 0 saturated heterocycles. The van der Waals surface area contributed by atoms with Crippen molar-refractivity contribution in [2.45, 2.75) is 225 Å². The van der Waals surface area contributed by atoms with E-state index < -0.39 is 13.9 Å². The summed E-state index contributed by atoms with van der Waals surface area (Å²) in [5.74, 6) is -0.332. The van der Waals surface area contributed by atoms with Gasteiger partial charge in [-0.1, -0.05) is 216 Å². The molecule has 0 amide bonds. The predicted octanol–water partition coefficient (Wildman–Crippen LogP) is 15.3. The van der Waals surface area contributed by atoms with Crippen LogP contribution in [-0.4, -0.2) is 49.9 Å². The summed E-state index contributed by atoms with van der Waals surface area (Å²) in [6.07, 6.45) is 59.6. The van der Waals surface area contributed by atoms with Crippen LogP contribution in [0.25, 0.3) is 0 Å². The Balaban J connectivity index is 3.97. The first-order chi connectivity index (χ1) is 29.4. The number of hydrogen-bond donors (Lipinski definition) is 2. The predicted molar refractivity (Wildman–Crippen MR) is 256 cm³/mol. The summed E-state index contributed by atoms with van der Waals surface area (Å²) in [7, 11) is -4.28. The fraction of sp³-hybridized carbons (Fsp3) is 0.784. The molecular formula is C51H94NO7P. The van der Waals surface area contributed by atoms with Gasteiger partial charge in [0.05, 0.1) is 19.8 Å². The minimum Gasteiger partial charge on any atom is -0.457 e. The van der Waals surface area contributed by atoms with Crippen molar-refractivity contribution in [1.82, 2.24) is 0 Å². The summed E-state index contributed by atoms with van der Waals surface area (Å²) in [5.41, 5.74) is 5.38. The van der Waals surface area contributed by atoms with E-state index >= 15 is 0 Å². The van der Waals surface area contributed by atoms with E-state index in [-0.39, 0.29) is 32.3 Å². The Bertz CT molecular complexity index is 1110. The molecule has 0 saturated carbocycles. The topological polar surface area (TPSA) is 117 Å². The van der Waals surface area contributed by atoms with Crippen molar-refractivity contribution in [3.63, 3.8) is 0 Å². The SMILES string of the molecule is CC/C=C\C/C=C\C/C=C\C/C=C\C/C=C\CCCCCCCCCCOCC(COP(=O)(O)OCCN)OC(=O)CCCCCCCCCCCCCCCCCCC. The number of carbonyl (C=O) groups is 1. The molecule has 0 aliphatic rings. The minimum absolute atomic E-state index is 0.0978. The third-order valence-electron chi connectivity index (χ3n) is 10.4. The fourth-order valence-electron chi connectivity index (χ4n) is 6.85. The molecule has 0 heterocycles. The summed E-state index contributed by atoms with van der Waals surface area (Å²) in [6, 6.07) is 0. The van der Waals surface area contributed by atoms with E-state index in [1.165, 1.54) is 128 Å². The summed E-state index contributed by atoms with van der Waals surface area (Å²) in [5, 5.41) is 0. The van der Waals surface area contributed by atoms with Gasteiger partial charge >= 0.3 is 13.8 Å². The van der Waals surface area contributed by atoms with Gasteiger partial charge in [0.25, 0.3) is 0 Å². The number of phosphoric acid groups is 1. The van der Waals surface area contributed by atoms with Gasteiger partial charge in [-0.05, 0) is 57.8 Å². The smallest absolute Gasteiger partial charge is 0.457 e. The molecule has 0 rings (SSSR count). The molecule has 0 aliphatic heterocycles. The molecule has 9 heteroatoms. The first-order valence-electron chi connectivity index (χ1n) is 24.8. The Morgan fingerprint density at radius 2 is 0.933 bits per heavy atom. The Hall–Kier alpha value is -1.80. The standard InChI is InChI=1S/C51H94NO7P/c1-3-5-7-9-11-13-15-17-19-21-22-23-24-25-26-27-29-31-33-35-37-39-41-43-46-56-48-50(49-58-60(54,55)57-47-45-52)59-51(53)44-42-40-38-36-34-32-30-28-20-18-16-14-12-10-8-6-4-2/h5,7,11,13,17,19,22-23,25-26,50H,3-4,6,8-10,12,14-16,18,20-21,24,27-49,52H2,1-2H3,(H,54,55)/b7-5-,13-11-,19-17-,23-22-,26-25-. The van der Waals surface area contributed by atoms with E-state index in [0.717, 1.165) is 70.6 Å². The van der Waals surface area contributed by atoms with Gasteiger partial charge in [-0.25, -0.2) is 4.57 Å². The molecule has 0 aromatic heterocycles. The number of nitrogens with two attached hydrogens (primary N) is 1. The Kier molecular flexibility index (Phi) is 46.8. The van der Waals surface area contributed by atoms with Crippen LogP contribution in [0.15, 0.2) is 60.8 Å². The third-order valence-corrected chi connectivity index (χ3v) is 11.4. The lowest BCUT2D eigenvalue weighted by Gasteiger charge is -2.20. The first-order valence-corrected chi connectivity index (χ1v) is 26.3. The molecule has 0 aromatic rings. The highest BCUT2D eigenvalue weighted by Gasteiger charge is 2.25. The van der Waals surface area contributed by atoms with Gasteiger partial charge in [-0.2, -0.15) is 0 Å². The summed E-state index contributed by atoms with van der Waals surface area (Å²) in [6.45, 7) is 4.81. The Morgan fingerprint density at radius 1 is 0.517 bits per heavy atom. The van der Waals surface area contributed by atoms with Gasteiger partial charge in [-0.3, -0.25) is 13.8 Å². The quantitative estimate of drug-likeness (QED) is 0.0269. The zero-order chi connectivity index (χ0) is 43.7. The molecule has 0 radical (unpaired) electrons. The van der Waals surface area contributed by atoms with Gasteiger partial charge in [0.2, 0.25) is 0 Å². The number of unbranched alkanes of at least 4 members (excludes halogenated alkanes) is 24. The number of esters is 1. The maximum Gasteiger partial charge on any atom is 0.472 e. The largest absolute Gasteiger partial charge is 0.472 e. The second-order valence-electron chi connectivity index (χ2n) is 16.3. The highest BCUT2D eigenvalue weighted by Crippen LogP contribution is 2.43. The fourth-order valence-corrected chi connectivity index (χ4v) is 7.61. The van der Waals surface area contributed by atoms with Crippen LogP contribution >= 0.6 is 7.82 Å². The van der Waals surface area contributed by atoms with Crippen LogP contribution in [-0.2, 0) is 27.9 Å². The number of ether oxygens (including phenoxy) is 2. The van der Waals surface area contributed by atoms with Crippen molar-refractivity contribution in [3.05, 3.63) is 60.8 Å². The number of phosphoric ester groups is 1. The van der Waals surface area contributed by atoms with Crippen LogP contribution in [0.2, 0.25) is 0 Å². The zero-order valence-electron chi connectivity index (χ0n) is 38.9. The molecule has 2 atom stereocenters. The highest BCUT2D eigenvalue weighted by atomic mass is 31.2. The van der Waals surface area contributed by atoms with E-state index in [4.69, 9.17) is 24.3 Å². The van der Waals surface area contributed by atoms with E-state index in [2.05, 4.69) is 74.6 Å². The summed E-state index contributed by atoms with van der Waals surface area (Å²) >= 11 is 0. The molecule has 350 valence electrons. The van der Waals surface area contributed by atoms with Crippen LogP contribution in [0.3, 0.4) is 0 Å². The molecule has 2 unspecified atom stereocenters. The lowest BCUT2D eigenvalue weighted by Crippen LogP contribution is -2.28. The van der Waals surface area contributed by atoms with Gasteiger partial charge in [0, 0.05) is 19.6 Å². The Labute approximate surface area is 370 Å². The van der Waals surface area contributed by atoms with Crippen LogP contribution in [0.5, 0.6) is 0 Å². The van der Waals surface area contributed by atoms with Crippen LogP contribution in [0.4, 0.5) is 0 Å². The van der Waals surface area contributed by atoms with Crippen LogP contribution < -0.4 is 5.73 Å². The van der Waals surface area contributed by atoms with Crippen molar-refractivity contribution in [1.29, 1.82) is 0 Å². The second kappa shape index (κ2) is 48.2. The zero-order valence-corrected chi connectivity index (χ0v) is 39.8. The summed E-state index contributed by atoms with van der Waals surface area (Å²) < 4.78 is 33.6. The molecule has 0 bridgehead atoms. The van der Waals surface area contributed by atoms with Gasteiger partial charge in [0.1, 0.15) is 6.10 Å². The normalized spacial score (nSPS) is 13.9.